The van der Waals surface area contributed by atoms with E-state index in [1.165, 1.54) is 17.2 Å². The number of nitrogens with two attached hydrogens (primary N) is 1. The molecule has 0 radical (unpaired) electrons. The molecule has 1 aliphatic rings. The van der Waals surface area contributed by atoms with Crippen LogP contribution in [0.2, 0.25) is 0 Å². The van der Waals surface area contributed by atoms with Gasteiger partial charge in [0, 0.05) is 6.42 Å². The predicted molar refractivity (Wildman–Crippen MR) is 96.2 cm³/mol. The van der Waals surface area contributed by atoms with Crippen LogP contribution in [0.1, 0.15) is 12.6 Å². The number of phosphoric acid groups is 3. The molecule has 0 bridgehead atoms. The van der Waals surface area contributed by atoms with Crippen LogP contribution in [0.4, 0.5) is 5.82 Å². The molecule has 1 saturated heterocycles. The zero-order chi connectivity index (χ0) is 23.0. The van der Waals surface area contributed by atoms with E-state index in [9.17, 15) is 24.1 Å². The quantitative estimate of drug-likeness (QED) is 0.168. The molecule has 3 heterocycles. The fourth-order valence-electron chi connectivity index (χ4n) is 2.77. The molecule has 0 saturated carbocycles. The fraction of sp³-hybridized carbons (Fsp3) is 0.500. The maximum Gasteiger partial charge on any atom is 0.490 e. The van der Waals surface area contributed by atoms with E-state index in [4.69, 9.17) is 25.2 Å². The summed E-state index contributed by atoms with van der Waals surface area (Å²) in [7, 11) is -16.4. The molecule has 0 spiro atoms. The van der Waals surface area contributed by atoms with Crippen LogP contribution in [0.15, 0.2) is 12.7 Å². The summed E-state index contributed by atoms with van der Waals surface area (Å²) >= 11 is 0. The van der Waals surface area contributed by atoms with Crippen molar-refractivity contribution in [2.75, 3.05) is 12.3 Å². The smallest absolute Gasteiger partial charge is 0.490 e. The molecule has 1 aliphatic heterocycles. The van der Waals surface area contributed by atoms with Crippen molar-refractivity contribution < 1.29 is 56.3 Å². The minimum absolute atomic E-state index is 0.0250. The normalized spacial score (nSPS) is 25.9. The summed E-state index contributed by atoms with van der Waals surface area (Å²) in [6, 6.07) is -0.761. The van der Waals surface area contributed by atoms with E-state index in [1.807, 2.05) is 5.11 Å². The maximum absolute atomic E-state index is 11.8. The predicted octanol–water partition coefficient (Wildman–Crippen LogP) is -1.49. The summed E-state index contributed by atoms with van der Waals surface area (Å²) in [6.45, 7) is -0.678. The lowest BCUT2D eigenvalue weighted by atomic mass is 10.2. The van der Waals surface area contributed by atoms with Gasteiger partial charge in [-0.25, -0.2) is 28.6 Å². The van der Waals surface area contributed by atoms with E-state index in [1.54, 1.807) is 0 Å². The Morgan fingerprint density at radius 2 is 1.90 bits per heavy atom. The lowest BCUT2D eigenvalue weighted by Gasteiger charge is -2.18. The Balaban J connectivity index is 1.68. The largest absolute Gasteiger partial charge is 0.508 e. The van der Waals surface area contributed by atoms with Crippen molar-refractivity contribution in [3.05, 3.63) is 18.2 Å². The van der Waals surface area contributed by atoms with E-state index in [-0.39, 0.29) is 23.4 Å². The lowest BCUT2D eigenvalue weighted by molar-refractivity contribution is -0.535. The number of nitrogen functional groups attached to an aromatic ring is 1. The van der Waals surface area contributed by atoms with E-state index < -0.39 is 48.4 Å². The first kappa shape index (κ1) is 24.0. The first-order valence-corrected chi connectivity index (χ1v) is 12.6. The maximum atomic E-state index is 11.8. The van der Waals surface area contributed by atoms with Gasteiger partial charge in [0.15, 0.2) is 23.7 Å². The summed E-state index contributed by atoms with van der Waals surface area (Å²) in [5, 5.41) is 2.01. The number of anilines is 1. The van der Waals surface area contributed by atoms with E-state index in [0.717, 1.165) is 0 Å². The molecule has 2 aromatic rings. The molecule has 2 aromatic heterocycles. The number of ether oxygens (including phenoxy) is 1. The number of phosphoric ester groups is 1. The number of rotatable bonds is 9. The molecule has 5 atom stereocenters. The van der Waals surface area contributed by atoms with Gasteiger partial charge >= 0.3 is 23.5 Å². The Morgan fingerprint density at radius 1 is 1.19 bits per heavy atom. The highest BCUT2D eigenvalue weighted by atomic mass is 31.3. The third kappa shape index (κ3) is 5.97. The molecular weight excluding hydrogens is 487 g/mol. The molecule has 5 unspecified atom stereocenters. The van der Waals surface area contributed by atoms with Gasteiger partial charge in [-0.15, -0.1) is 0 Å². The monoisotopic (exact) mass is 503 g/mol. The molecule has 0 aliphatic carbocycles. The Bertz CT molecular complexity index is 1120. The average Bonchev–Trinajstić information content (AvgIpc) is 3.21. The van der Waals surface area contributed by atoms with Gasteiger partial charge in [-0.2, -0.15) is 8.62 Å². The molecule has 172 valence electrons. The van der Waals surface area contributed by atoms with Gasteiger partial charge in [0.1, 0.15) is 11.8 Å². The number of fused-ring (bicyclic) bond motifs is 1. The Hall–Kier alpha value is -1.68. The van der Waals surface area contributed by atoms with Gasteiger partial charge in [0.25, 0.3) is 0 Å². The molecule has 7 N–H and O–H groups in total. The van der Waals surface area contributed by atoms with Crippen molar-refractivity contribution in [3.8, 4) is 0 Å². The van der Waals surface area contributed by atoms with Gasteiger partial charge in [-0.3, -0.25) is 9.09 Å². The summed E-state index contributed by atoms with van der Waals surface area (Å²) in [5.41, 5.74) is 15.7. The van der Waals surface area contributed by atoms with E-state index in [2.05, 4.69) is 28.1 Å². The van der Waals surface area contributed by atoms with Crippen molar-refractivity contribution in [1.82, 2.24) is 19.5 Å². The van der Waals surface area contributed by atoms with Gasteiger partial charge in [-0.1, -0.05) is 0 Å². The number of nitrogens with zero attached hydrogens (tertiary/aromatic N) is 5. The highest BCUT2D eigenvalue weighted by Crippen LogP contribution is 2.66. The summed E-state index contributed by atoms with van der Waals surface area (Å²) in [6.07, 6.45) is 0.681. The Labute approximate surface area is 172 Å². The van der Waals surface area contributed by atoms with Gasteiger partial charge in [0.05, 0.1) is 19.0 Å². The fourth-order valence-corrected chi connectivity index (χ4v) is 5.82. The highest BCUT2D eigenvalue weighted by molar-refractivity contribution is 7.66. The number of hydrogen-bond donors (Lipinski definition) is 6. The van der Waals surface area contributed by atoms with Crippen LogP contribution in [0.5, 0.6) is 0 Å². The van der Waals surface area contributed by atoms with Crippen LogP contribution in [0, 0.1) is 0 Å². The van der Waals surface area contributed by atoms with Crippen molar-refractivity contribution in [1.29, 1.82) is 0 Å². The average molecular weight is 503 g/mol. The van der Waals surface area contributed by atoms with Crippen molar-refractivity contribution in [2.45, 2.75) is 24.8 Å². The lowest BCUT2D eigenvalue weighted by Crippen LogP contribution is -2.73. The van der Waals surface area contributed by atoms with Crippen LogP contribution in [-0.4, -0.2) is 57.8 Å². The Kier molecular flexibility index (Phi) is 6.72. The van der Waals surface area contributed by atoms with Crippen molar-refractivity contribution >= 4 is 40.4 Å². The second-order valence-electron chi connectivity index (χ2n) is 6.09. The number of hydrogen-bond acceptors (Lipinski definition) is 11. The first-order valence-electron chi connectivity index (χ1n) is 8.07. The topological polar surface area (TPSA) is 275 Å². The SMILES string of the molecule is [N-]=[NH+]C1CC(COP(=O)(O)OP(=O)(O)OP(=O)(O)O)OC1n1cnc2c(N)ncnc21. The second kappa shape index (κ2) is 8.69. The van der Waals surface area contributed by atoms with E-state index in [0.29, 0.717) is 0 Å². The van der Waals surface area contributed by atoms with Crippen molar-refractivity contribution in [2.24, 2.45) is 0 Å². The Morgan fingerprint density at radius 3 is 2.55 bits per heavy atom. The molecule has 18 nitrogen and oxygen atoms in total. The number of aromatic nitrogens is 4. The summed E-state index contributed by atoms with van der Waals surface area (Å²) < 4.78 is 52.7. The molecule has 0 amide bonds. The third-order valence-electron chi connectivity index (χ3n) is 3.86. The second-order valence-corrected chi connectivity index (χ2v) is 10.5. The minimum atomic E-state index is -5.63. The molecule has 21 heteroatoms. The molecule has 1 fully saturated rings. The van der Waals surface area contributed by atoms with Crippen molar-refractivity contribution in [3.63, 3.8) is 0 Å². The molecule has 3 rings (SSSR count). The highest BCUT2D eigenvalue weighted by Gasteiger charge is 2.44. The summed E-state index contributed by atoms with van der Waals surface area (Å²) in [5.74, 6) is 0.111. The first-order chi connectivity index (χ1) is 14.3. The summed E-state index contributed by atoms with van der Waals surface area (Å²) in [4.78, 5) is 47.6. The van der Waals surface area contributed by atoms with Gasteiger partial charge < -0.3 is 40.7 Å². The molecule has 31 heavy (non-hydrogen) atoms. The number of imidazole rings is 1. The molecular formula is C10H16N7O11P3. The zero-order valence-corrected chi connectivity index (χ0v) is 17.8. The van der Waals surface area contributed by atoms with Crippen LogP contribution in [-0.2, 0) is 31.6 Å². The van der Waals surface area contributed by atoms with E-state index >= 15 is 0 Å². The minimum Gasteiger partial charge on any atom is -0.508 e. The van der Waals surface area contributed by atoms with Gasteiger partial charge in [0.2, 0.25) is 0 Å². The third-order valence-corrected chi connectivity index (χ3v) is 7.66. The van der Waals surface area contributed by atoms with Crippen LogP contribution in [0.25, 0.3) is 16.7 Å². The van der Waals surface area contributed by atoms with Crippen LogP contribution >= 0.6 is 23.5 Å². The standard InChI is InChI=1S/C10H16N7O11P3/c11-8-7-9(14-3-13-8)17(4-15-7)10-6(16-12)1-5(26-10)2-25-30(21,22)28-31(23,24)27-29(18,19)20/h3-6,10,16H,1-2H2,(H,21,22)(H,23,24)(H2,11,13,14)(H2,18,19,20). The zero-order valence-electron chi connectivity index (χ0n) is 15.1. The van der Waals surface area contributed by atoms with Gasteiger partial charge in [-0.05, 0) is 0 Å². The molecule has 0 aromatic carbocycles. The number of nitrogens with one attached hydrogen (secondary N) is 1. The van der Waals surface area contributed by atoms with Crippen LogP contribution in [0.3, 0.4) is 0 Å². The van der Waals surface area contributed by atoms with Crippen LogP contribution < -0.4 is 10.8 Å².